The number of nitrogens with two attached hydrogens (primary N) is 1. The first-order chi connectivity index (χ1) is 8.21. The van der Waals surface area contributed by atoms with Crippen LogP contribution < -0.4 is 11.2 Å². The summed E-state index contributed by atoms with van der Waals surface area (Å²) in [5.41, 5.74) is 8.93. The Kier molecular flexibility index (Phi) is 4.81. The van der Waals surface area contributed by atoms with Crippen molar-refractivity contribution in [3.63, 3.8) is 0 Å². The second kappa shape index (κ2) is 5.75. The number of hydrazone groups is 1. The molecule has 98 valence electrons. The van der Waals surface area contributed by atoms with E-state index in [1.165, 1.54) is 6.21 Å². The molecule has 3 N–H and O–H groups in total. The highest BCUT2D eigenvalue weighted by Gasteiger charge is 2.17. The molecule has 0 atom stereocenters. The summed E-state index contributed by atoms with van der Waals surface area (Å²) in [6.07, 6.45) is 1.36. The third kappa shape index (κ3) is 4.03. The number of hydrogen-bond acceptors (Lipinski definition) is 2. The van der Waals surface area contributed by atoms with Crippen molar-refractivity contribution in [2.24, 2.45) is 10.8 Å². The molecule has 1 aromatic carbocycles. The van der Waals surface area contributed by atoms with Gasteiger partial charge in [-0.1, -0.05) is 20.8 Å². The standard InChI is InChI=1S/C12H15BrFN3S/c1-12(2,3)8-4-7(6-16-17-11(15)18)10(14)9(13)5-8/h4-6H,1-3H3,(H3,15,17,18). The fourth-order valence-corrected chi connectivity index (χ4v) is 1.83. The Balaban J connectivity index is 3.15. The van der Waals surface area contributed by atoms with E-state index in [2.05, 4.69) is 59.4 Å². The molecule has 0 aromatic heterocycles. The highest BCUT2D eigenvalue weighted by molar-refractivity contribution is 9.10. The van der Waals surface area contributed by atoms with Gasteiger partial charge in [0.05, 0.1) is 10.7 Å². The van der Waals surface area contributed by atoms with Gasteiger partial charge in [0, 0.05) is 5.56 Å². The number of hydrogen-bond donors (Lipinski definition) is 2. The van der Waals surface area contributed by atoms with Crippen LogP contribution in [0.3, 0.4) is 0 Å². The summed E-state index contributed by atoms with van der Waals surface area (Å²) < 4.78 is 14.3. The SMILES string of the molecule is CC(C)(C)c1cc(Br)c(F)c(C=NNC(N)=S)c1. The van der Waals surface area contributed by atoms with Gasteiger partial charge in [0.15, 0.2) is 5.11 Å². The molecule has 0 saturated carbocycles. The zero-order chi connectivity index (χ0) is 13.9. The van der Waals surface area contributed by atoms with Gasteiger partial charge in [-0.25, -0.2) is 4.39 Å². The van der Waals surface area contributed by atoms with Crippen molar-refractivity contribution in [2.75, 3.05) is 0 Å². The minimum atomic E-state index is -0.364. The summed E-state index contributed by atoms with van der Waals surface area (Å²) in [4.78, 5) is 0. The van der Waals surface area contributed by atoms with Crippen molar-refractivity contribution in [1.82, 2.24) is 5.43 Å². The second-order valence-electron chi connectivity index (χ2n) is 4.85. The van der Waals surface area contributed by atoms with Crippen LogP contribution in [0.25, 0.3) is 0 Å². The topological polar surface area (TPSA) is 50.4 Å². The third-order valence-corrected chi connectivity index (χ3v) is 2.97. The molecular weight excluding hydrogens is 317 g/mol. The van der Waals surface area contributed by atoms with E-state index in [0.717, 1.165) is 5.56 Å². The van der Waals surface area contributed by atoms with E-state index < -0.39 is 0 Å². The van der Waals surface area contributed by atoms with Gasteiger partial charge < -0.3 is 5.73 Å². The van der Waals surface area contributed by atoms with E-state index in [9.17, 15) is 4.39 Å². The first-order valence-corrected chi connectivity index (χ1v) is 6.50. The van der Waals surface area contributed by atoms with Gasteiger partial charge in [0.1, 0.15) is 5.82 Å². The fraction of sp³-hybridized carbons (Fsp3) is 0.333. The van der Waals surface area contributed by atoms with Crippen molar-refractivity contribution >= 4 is 39.5 Å². The summed E-state index contributed by atoms with van der Waals surface area (Å²) in [6.45, 7) is 6.17. The van der Waals surface area contributed by atoms with E-state index in [1.807, 2.05) is 0 Å². The predicted octanol–water partition coefficient (Wildman–Crippen LogP) is 3.05. The lowest BCUT2D eigenvalue weighted by molar-refractivity contribution is 0.579. The smallest absolute Gasteiger partial charge is 0.184 e. The molecule has 0 fully saturated rings. The Hall–Kier alpha value is -1.01. The summed E-state index contributed by atoms with van der Waals surface area (Å²) in [5.74, 6) is -0.364. The molecule has 1 rings (SSSR count). The van der Waals surface area contributed by atoms with E-state index >= 15 is 0 Å². The van der Waals surface area contributed by atoms with Crippen LogP contribution in [0.1, 0.15) is 31.9 Å². The van der Waals surface area contributed by atoms with Gasteiger partial charge in [0.2, 0.25) is 0 Å². The van der Waals surface area contributed by atoms with E-state index in [1.54, 1.807) is 12.1 Å². The van der Waals surface area contributed by atoms with E-state index in [-0.39, 0.29) is 16.3 Å². The van der Waals surface area contributed by atoms with Crippen molar-refractivity contribution < 1.29 is 4.39 Å². The highest BCUT2D eigenvalue weighted by atomic mass is 79.9. The largest absolute Gasteiger partial charge is 0.375 e. The average molecular weight is 332 g/mol. The first kappa shape index (κ1) is 15.0. The number of thiocarbonyl (C=S) groups is 1. The molecule has 0 unspecified atom stereocenters. The van der Waals surface area contributed by atoms with Crippen LogP contribution in [0.5, 0.6) is 0 Å². The number of benzene rings is 1. The van der Waals surface area contributed by atoms with Crippen LogP contribution in [0.4, 0.5) is 4.39 Å². The third-order valence-electron chi connectivity index (χ3n) is 2.30. The molecule has 0 amide bonds. The Morgan fingerprint density at radius 2 is 2.11 bits per heavy atom. The Bertz CT molecular complexity index is 495. The molecule has 18 heavy (non-hydrogen) atoms. The number of nitrogens with zero attached hydrogens (tertiary/aromatic N) is 1. The minimum absolute atomic E-state index is 0.0395. The summed E-state index contributed by atoms with van der Waals surface area (Å²) in [5, 5.41) is 3.80. The van der Waals surface area contributed by atoms with Gasteiger partial charge >= 0.3 is 0 Å². The van der Waals surface area contributed by atoms with Crippen LogP contribution >= 0.6 is 28.1 Å². The maximum Gasteiger partial charge on any atom is 0.184 e. The highest BCUT2D eigenvalue weighted by Crippen LogP contribution is 2.28. The second-order valence-corrected chi connectivity index (χ2v) is 6.14. The number of halogens is 2. The molecule has 0 aliphatic rings. The van der Waals surface area contributed by atoms with Crippen LogP contribution in [0.2, 0.25) is 0 Å². The van der Waals surface area contributed by atoms with Crippen molar-refractivity contribution in [3.8, 4) is 0 Å². The van der Waals surface area contributed by atoms with Gasteiger partial charge in [-0.2, -0.15) is 5.10 Å². The average Bonchev–Trinajstić information content (AvgIpc) is 2.22. The van der Waals surface area contributed by atoms with E-state index in [4.69, 9.17) is 5.73 Å². The molecule has 3 nitrogen and oxygen atoms in total. The molecule has 6 heteroatoms. The van der Waals surface area contributed by atoms with Crippen LogP contribution in [0.15, 0.2) is 21.7 Å². The lowest BCUT2D eigenvalue weighted by Crippen LogP contribution is -2.24. The molecule has 1 aromatic rings. The molecule has 0 bridgehead atoms. The van der Waals surface area contributed by atoms with Crippen LogP contribution in [-0.4, -0.2) is 11.3 Å². The summed E-state index contributed by atoms with van der Waals surface area (Å²) in [7, 11) is 0. The molecular formula is C12H15BrFN3S. The quantitative estimate of drug-likeness (QED) is 0.497. The predicted molar refractivity (Wildman–Crippen MR) is 80.3 cm³/mol. The maximum atomic E-state index is 13.9. The molecule has 0 saturated heterocycles. The molecule has 0 radical (unpaired) electrons. The number of rotatable bonds is 2. The van der Waals surface area contributed by atoms with Crippen molar-refractivity contribution in [1.29, 1.82) is 0 Å². The van der Waals surface area contributed by atoms with Gasteiger partial charge in [0.25, 0.3) is 0 Å². The Labute approximate surface area is 120 Å². The maximum absolute atomic E-state index is 13.9. The van der Waals surface area contributed by atoms with Crippen molar-refractivity contribution in [3.05, 3.63) is 33.5 Å². The monoisotopic (exact) mass is 331 g/mol. The Morgan fingerprint density at radius 1 is 1.50 bits per heavy atom. The minimum Gasteiger partial charge on any atom is -0.375 e. The van der Waals surface area contributed by atoms with E-state index in [0.29, 0.717) is 10.0 Å². The normalized spacial score (nSPS) is 11.8. The van der Waals surface area contributed by atoms with Gasteiger partial charge in [-0.15, -0.1) is 0 Å². The van der Waals surface area contributed by atoms with Gasteiger partial charge in [-0.05, 0) is 51.3 Å². The summed E-state index contributed by atoms with van der Waals surface area (Å²) >= 11 is 7.81. The zero-order valence-corrected chi connectivity index (χ0v) is 12.8. The molecule has 0 heterocycles. The first-order valence-electron chi connectivity index (χ1n) is 5.30. The number of nitrogens with one attached hydrogen (secondary N) is 1. The lowest BCUT2D eigenvalue weighted by atomic mass is 9.86. The Morgan fingerprint density at radius 3 is 2.61 bits per heavy atom. The van der Waals surface area contributed by atoms with Crippen LogP contribution in [0, 0.1) is 5.82 Å². The van der Waals surface area contributed by atoms with Crippen molar-refractivity contribution in [2.45, 2.75) is 26.2 Å². The summed E-state index contributed by atoms with van der Waals surface area (Å²) in [6, 6.07) is 3.53. The molecule has 0 aliphatic carbocycles. The van der Waals surface area contributed by atoms with Gasteiger partial charge in [-0.3, -0.25) is 5.43 Å². The molecule has 0 spiro atoms. The fourth-order valence-electron chi connectivity index (χ4n) is 1.30. The lowest BCUT2D eigenvalue weighted by Gasteiger charge is -2.20. The van der Waals surface area contributed by atoms with Crippen LogP contribution in [-0.2, 0) is 5.41 Å². The zero-order valence-electron chi connectivity index (χ0n) is 10.4. The molecule has 0 aliphatic heterocycles.